The number of aryl methyl sites for hydroxylation is 1. The lowest BCUT2D eigenvalue weighted by Gasteiger charge is -2.03. The summed E-state index contributed by atoms with van der Waals surface area (Å²) >= 11 is 5.01. The van der Waals surface area contributed by atoms with Crippen molar-refractivity contribution in [2.45, 2.75) is 13.5 Å². The number of rotatable bonds is 3. The lowest BCUT2D eigenvalue weighted by Crippen LogP contribution is -2.00. The summed E-state index contributed by atoms with van der Waals surface area (Å²) in [6, 6.07) is 3.91. The average Bonchev–Trinajstić information content (AvgIpc) is 2.63. The van der Waals surface area contributed by atoms with Crippen molar-refractivity contribution in [3.8, 4) is 0 Å². The Bertz CT molecular complexity index is 438. The smallest absolute Gasteiger partial charge is 0.126 e. The molecule has 0 saturated heterocycles. The Morgan fingerprint density at radius 3 is 2.87 bits per heavy atom. The minimum atomic E-state index is 0.783. The lowest BCUT2D eigenvalue weighted by molar-refractivity contribution is 1.09. The highest BCUT2D eigenvalue weighted by Gasteiger charge is 2.01. The van der Waals surface area contributed by atoms with Crippen molar-refractivity contribution in [2.24, 2.45) is 0 Å². The van der Waals surface area contributed by atoms with Crippen LogP contribution >= 0.6 is 27.3 Å². The van der Waals surface area contributed by atoms with Crippen molar-refractivity contribution in [1.29, 1.82) is 0 Å². The number of thiazole rings is 1. The van der Waals surface area contributed by atoms with Gasteiger partial charge in [0, 0.05) is 15.5 Å². The van der Waals surface area contributed by atoms with Crippen LogP contribution in [0.3, 0.4) is 0 Å². The van der Waals surface area contributed by atoms with Crippen LogP contribution in [0, 0.1) is 6.92 Å². The number of nitrogens with zero attached hydrogens (tertiary/aromatic N) is 2. The first-order chi connectivity index (χ1) is 7.25. The number of hydrogen-bond donors (Lipinski definition) is 1. The van der Waals surface area contributed by atoms with Gasteiger partial charge in [0.15, 0.2) is 0 Å². The average molecular weight is 284 g/mol. The van der Waals surface area contributed by atoms with Crippen LogP contribution in [0.5, 0.6) is 0 Å². The molecule has 78 valence electrons. The molecule has 2 aromatic heterocycles. The molecule has 0 amide bonds. The molecular weight excluding hydrogens is 274 g/mol. The summed E-state index contributed by atoms with van der Waals surface area (Å²) < 4.78 is 0.988. The van der Waals surface area contributed by atoms with Gasteiger partial charge in [0.05, 0.1) is 17.7 Å². The summed E-state index contributed by atoms with van der Waals surface area (Å²) in [6.45, 7) is 2.80. The zero-order valence-corrected chi connectivity index (χ0v) is 10.6. The van der Waals surface area contributed by atoms with E-state index in [1.165, 1.54) is 4.88 Å². The molecule has 1 N–H and O–H groups in total. The molecule has 0 radical (unpaired) electrons. The Balaban J connectivity index is 1.99. The number of aromatic nitrogens is 2. The van der Waals surface area contributed by atoms with Gasteiger partial charge >= 0.3 is 0 Å². The van der Waals surface area contributed by atoms with Crippen molar-refractivity contribution in [1.82, 2.24) is 9.97 Å². The van der Waals surface area contributed by atoms with Crippen molar-refractivity contribution < 1.29 is 0 Å². The molecule has 0 aliphatic rings. The van der Waals surface area contributed by atoms with Crippen molar-refractivity contribution in [3.05, 3.63) is 38.9 Å². The Morgan fingerprint density at radius 1 is 1.40 bits per heavy atom. The second-order valence-corrected chi connectivity index (χ2v) is 4.93. The molecule has 0 unspecified atom stereocenters. The molecule has 0 aromatic carbocycles. The van der Waals surface area contributed by atoms with Gasteiger partial charge < -0.3 is 5.32 Å². The molecule has 15 heavy (non-hydrogen) atoms. The van der Waals surface area contributed by atoms with Crippen LogP contribution in [0.15, 0.2) is 28.3 Å². The fourth-order valence-electron chi connectivity index (χ4n) is 1.15. The standard InChI is InChI=1S/C10H10BrN3S/c1-7-9(15-6-14-7)5-13-10-3-2-8(11)4-12-10/h2-4,6H,5H2,1H3,(H,12,13). The first kappa shape index (κ1) is 10.6. The summed E-state index contributed by atoms with van der Waals surface area (Å²) in [6.07, 6.45) is 1.78. The predicted molar refractivity (Wildman–Crippen MR) is 66.1 cm³/mol. The molecule has 0 atom stereocenters. The zero-order chi connectivity index (χ0) is 10.7. The molecule has 0 aliphatic heterocycles. The predicted octanol–water partition coefficient (Wildman–Crippen LogP) is 3.22. The van der Waals surface area contributed by atoms with Crippen molar-refractivity contribution in [2.75, 3.05) is 5.32 Å². The van der Waals surface area contributed by atoms with Crippen LogP contribution in [0.1, 0.15) is 10.6 Å². The molecule has 0 saturated carbocycles. The minimum absolute atomic E-state index is 0.783. The first-order valence-electron chi connectivity index (χ1n) is 4.50. The Kier molecular flexibility index (Phi) is 3.33. The van der Waals surface area contributed by atoms with Gasteiger partial charge in [0.1, 0.15) is 5.82 Å². The van der Waals surface area contributed by atoms with E-state index in [1.807, 2.05) is 24.6 Å². The van der Waals surface area contributed by atoms with Gasteiger partial charge in [0.2, 0.25) is 0 Å². The van der Waals surface area contributed by atoms with Gasteiger partial charge in [-0.2, -0.15) is 0 Å². The third-order valence-corrected chi connectivity index (χ3v) is 3.41. The van der Waals surface area contributed by atoms with Gasteiger partial charge in [0.25, 0.3) is 0 Å². The van der Waals surface area contributed by atoms with Gasteiger partial charge in [-0.05, 0) is 35.0 Å². The first-order valence-corrected chi connectivity index (χ1v) is 6.17. The number of pyridine rings is 1. The highest BCUT2D eigenvalue weighted by atomic mass is 79.9. The summed E-state index contributed by atoms with van der Waals surface area (Å²) in [5.74, 6) is 0.881. The van der Waals surface area contributed by atoms with Crippen LogP contribution in [-0.4, -0.2) is 9.97 Å². The maximum Gasteiger partial charge on any atom is 0.126 e. The van der Waals surface area contributed by atoms with Crippen LogP contribution < -0.4 is 5.32 Å². The van der Waals surface area contributed by atoms with E-state index in [2.05, 4.69) is 31.2 Å². The van der Waals surface area contributed by atoms with Gasteiger partial charge in [-0.1, -0.05) is 0 Å². The van der Waals surface area contributed by atoms with E-state index in [0.29, 0.717) is 0 Å². The van der Waals surface area contributed by atoms with Crippen molar-refractivity contribution in [3.63, 3.8) is 0 Å². The zero-order valence-electron chi connectivity index (χ0n) is 8.20. The van der Waals surface area contributed by atoms with E-state index in [-0.39, 0.29) is 0 Å². The minimum Gasteiger partial charge on any atom is -0.365 e. The van der Waals surface area contributed by atoms with E-state index in [1.54, 1.807) is 17.5 Å². The molecule has 0 spiro atoms. The Morgan fingerprint density at radius 2 is 2.27 bits per heavy atom. The fourth-order valence-corrected chi connectivity index (χ4v) is 2.10. The molecule has 2 rings (SSSR count). The van der Waals surface area contributed by atoms with Crippen LogP contribution in [0.4, 0.5) is 5.82 Å². The SMILES string of the molecule is Cc1ncsc1CNc1ccc(Br)cn1. The second kappa shape index (κ2) is 4.72. The third-order valence-electron chi connectivity index (χ3n) is 2.00. The van der Waals surface area contributed by atoms with Crippen LogP contribution in [0.25, 0.3) is 0 Å². The number of halogens is 1. The summed E-state index contributed by atoms with van der Waals surface area (Å²) in [7, 11) is 0. The molecule has 2 aromatic rings. The maximum absolute atomic E-state index is 4.23. The van der Waals surface area contributed by atoms with E-state index >= 15 is 0 Å². The third kappa shape index (κ3) is 2.76. The van der Waals surface area contributed by atoms with E-state index < -0.39 is 0 Å². The van der Waals surface area contributed by atoms with Gasteiger partial charge in [-0.15, -0.1) is 11.3 Å². The van der Waals surface area contributed by atoms with Crippen molar-refractivity contribution >= 4 is 33.1 Å². The topological polar surface area (TPSA) is 37.8 Å². The highest BCUT2D eigenvalue weighted by molar-refractivity contribution is 9.10. The Hall–Kier alpha value is -0.940. The quantitative estimate of drug-likeness (QED) is 0.940. The van der Waals surface area contributed by atoms with E-state index in [9.17, 15) is 0 Å². The largest absolute Gasteiger partial charge is 0.365 e. The normalized spacial score (nSPS) is 10.3. The Labute approximate surface area is 101 Å². The fraction of sp³-hybridized carbons (Fsp3) is 0.200. The van der Waals surface area contributed by atoms with E-state index in [4.69, 9.17) is 0 Å². The van der Waals surface area contributed by atoms with Crippen LogP contribution in [0.2, 0.25) is 0 Å². The molecule has 0 aliphatic carbocycles. The number of nitrogens with one attached hydrogen (secondary N) is 1. The molecule has 2 heterocycles. The summed E-state index contributed by atoms with van der Waals surface area (Å²) in [4.78, 5) is 9.68. The van der Waals surface area contributed by atoms with Crippen LogP contribution in [-0.2, 0) is 6.54 Å². The van der Waals surface area contributed by atoms with E-state index in [0.717, 1.165) is 22.5 Å². The van der Waals surface area contributed by atoms with Gasteiger partial charge in [-0.3, -0.25) is 0 Å². The molecular formula is C10H10BrN3S. The lowest BCUT2D eigenvalue weighted by atomic mass is 10.4. The molecule has 3 nitrogen and oxygen atoms in total. The highest BCUT2D eigenvalue weighted by Crippen LogP contribution is 2.15. The number of hydrogen-bond acceptors (Lipinski definition) is 4. The second-order valence-electron chi connectivity index (χ2n) is 3.08. The molecule has 5 heteroatoms. The number of anilines is 1. The summed E-state index contributed by atoms with van der Waals surface area (Å²) in [5, 5.41) is 3.25. The molecule has 0 fully saturated rings. The maximum atomic E-state index is 4.23. The van der Waals surface area contributed by atoms with Gasteiger partial charge in [-0.25, -0.2) is 9.97 Å². The summed E-state index contributed by atoms with van der Waals surface area (Å²) in [5.41, 5.74) is 2.95. The molecule has 0 bridgehead atoms. The monoisotopic (exact) mass is 283 g/mol.